The first-order valence-corrected chi connectivity index (χ1v) is 13.8. The quantitative estimate of drug-likeness (QED) is 0.142. The molecule has 0 bridgehead atoms. The molecule has 0 heterocycles. The number of rotatable bonds is 19. The average molecular weight is 477 g/mol. The van der Waals surface area contributed by atoms with Gasteiger partial charge in [0.15, 0.2) is 0 Å². The van der Waals surface area contributed by atoms with E-state index >= 15 is 0 Å². The Kier molecular flexibility index (Phi) is 18.9. The summed E-state index contributed by atoms with van der Waals surface area (Å²) in [7, 11) is -2.51. The number of hydrogen-bond donors (Lipinski definition) is 1. The van der Waals surface area contributed by atoms with Gasteiger partial charge < -0.3 is 15.2 Å². The number of anilines is 2. The zero-order valence-corrected chi connectivity index (χ0v) is 23.7. The first-order valence-electron chi connectivity index (χ1n) is 12.4. The van der Waals surface area contributed by atoms with Gasteiger partial charge in [0.2, 0.25) is 0 Å². The topological polar surface area (TPSA) is 86.5 Å². The number of unbranched alkanes of at least 4 members (excludes halogenated alkanes) is 15. The average Bonchev–Trinajstić information content (AvgIpc) is 2.72. The van der Waals surface area contributed by atoms with E-state index < -0.39 is 10.1 Å². The molecule has 2 N–H and O–H groups in total. The molecule has 0 saturated carbocycles. The summed E-state index contributed by atoms with van der Waals surface area (Å²) in [5.41, 5.74) is 7.04. The Balaban J connectivity index is 0.00000961. The Morgan fingerprint density at radius 1 is 0.781 bits per heavy atom. The van der Waals surface area contributed by atoms with E-state index in [2.05, 4.69) is 6.92 Å². The van der Waals surface area contributed by atoms with Crippen LogP contribution in [-0.2, 0) is 10.1 Å². The second-order valence-corrected chi connectivity index (χ2v) is 10.3. The maximum atomic E-state index is 11.1. The van der Waals surface area contributed by atoms with Gasteiger partial charge in [0, 0.05) is 13.6 Å². The summed E-state index contributed by atoms with van der Waals surface area (Å²) in [5, 5.41) is 0. The number of nitrogens with zero attached hydrogens (tertiary/aromatic N) is 1. The van der Waals surface area contributed by atoms with Crippen LogP contribution < -0.4 is 40.2 Å². The fraction of sp³-hybridized carbons (Fsp3) is 0.760. The third-order valence-corrected chi connectivity index (χ3v) is 6.88. The maximum Gasteiger partial charge on any atom is 1.00 e. The summed E-state index contributed by atoms with van der Waals surface area (Å²) >= 11 is 0. The van der Waals surface area contributed by atoms with Crippen molar-refractivity contribution in [3.05, 3.63) is 18.2 Å². The van der Waals surface area contributed by atoms with E-state index in [1.165, 1.54) is 108 Å². The minimum absolute atomic E-state index is 0. The van der Waals surface area contributed by atoms with Crippen LogP contribution >= 0.6 is 0 Å². The van der Waals surface area contributed by atoms with Crippen LogP contribution in [0.5, 0.6) is 0 Å². The molecule has 0 aliphatic heterocycles. The predicted molar refractivity (Wildman–Crippen MR) is 132 cm³/mol. The molecule has 0 aliphatic carbocycles. The SMILES string of the molecule is CCCCCCCCCCCCCCCCCCN(C)c1ccc(S(=O)(=O)[O-])cc1N.[Na+]. The van der Waals surface area contributed by atoms with Gasteiger partial charge in [0.05, 0.1) is 16.3 Å². The monoisotopic (exact) mass is 476 g/mol. The van der Waals surface area contributed by atoms with Crippen LogP contribution in [0.15, 0.2) is 23.1 Å². The van der Waals surface area contributed by atoms with Gasteiger partial charge in [-0.1, -0.05) is 103 Å². The molecule has 1 aromatic carbocycles. The number of nitrogen functional groups attached to an aromatic ring is 1. The first kappa shape index (κ1) is 31.7. The zero-order chi connectivity index (χ0) is 23.0. The van der Waals surface area contributed by atoms with Crippen molar-refractivity contribution in [2.45, 2.75) is 115 Å². The van der Waals surface area contributed by atoms with Crippen LogP contribution in [0.2, 0.25) is 0 Å². The van der Waals surface area contributed by atoms with Crippen LogP contribution in [0.1, 0.15) is 110 Å². The Hall–Kier alpha value is -0.270. The van der Waals surface area contributed by atoms with E-state index in [0.29, 0.717) is 5.69 Å². The van der Waals surface area contributed by atoms with E-state index in [1.807, 2.05) is 11.9 Å². The largest absolute Gasteiger partial charge is 1.00 e. The van der Waals surface area contributed by atoms with E-state index in [9.17, 15) is 13.0 Å². The van der Waals surface area contributed by atoms with Gasteiger partial charge in [-0.2, -0.15) is 0 Å². The first-order chi connectivity index (χ1) is 14.9. The molecule has 180 valence electrons. The van der Waals surface area contributed by atoms with Crippen LogP contribution in [0.4, 0.5) is 11.4 Å². The van der Waals surface area contributed by atoms with Gasteiger partial charge in [-0.3, -0.25) is 0 Å². The summed E-state index contributed by atoms with van der Waals surface area (Å²) in [4.78, 5) is 1.75. The fourth-order valence-corrected chi connectivity index (χ4v) is 4.56. The normalized spacial score (nSPS) is 11.3. The van der Waals surface area contributed by atoms with Crippen LogP contribution in [0, 0.1) is 0 Å². The Morgan fingerprint density at radius 2 is 1.19 bits per heavy atom. The van der Waals surface area contributed by atoms with Gasteiger partial charge in [0.1, 0.15) is 10.1 Å². The molecule has 0 unspecified atom stereocenters. The minimum atomic E-state index is -4.46. The second kappa shape index (κ2) is 19.1. The second-order valence-electron chi connectivity index (χ2n) is 8.90. The van der Waals surface area contributed by atoms with Gasteiger partial charge >= 0.3 is 29.6 Å². The fourth-order valence-electron chi connectivity index (χ4n) is 4.05. The van der Waals surface area contributed by atoms with Crippen molar-refractivity contribution < 1.29 is 42.5 Å². The van der Waals surface area contributed by atoms with Gasteiger partial charge in [-0.25, -0.2) is 8.42 Å². The summed E-state index contributed by atoms with van der Waals surface area (Å²) < 4.78 is 33.2. The van der Waals surface area contributed by atoms with Crippen molar-refractivity contribution in [1.29, 1.82) is 0 Å². The maximum absolute atomic E-state index is 11.1. The third-order valence-electron chi connectivity index (χ3n) is 6.05. The molecule has 32 heavy (non-hydrogen) atoms. The summed E-state index contributed by atoms with van der Waals surface area (Å²) in [6.45, 7) is 3.14. The van der Waals surface area contributed by atoms with Crippen molar-refractivity contribution in [3.63, 3.8) is 0 Å². The van der Waals surface area contributed by atoms with E-state index in [4.69, 9.17) is 5.73 Å². The van der Waals surface area contributed by atoms with E-state index in [0.717, 1.165) is 18.7 Å². The molecule has 0 atom stereocenters. The van der Waals surface area contributed by atoms with Crippen molar-refractivity contribution in [2.75, 3.05) is 24.2 Å². The standard InChI is InChI=1S/C25H46N2O3S.Na/c1-3-4-5-6-7-8-9-10-11-12-13-14-15-16-17-18-21-27(2)25-20-19-23(22-24(25)26)31(28,29)30;/h19-20,22H,3-18,21,26H2,1-2H3,(H,28,29,30);/q;+1/p-1. The summed E-state index contributed by atoms with van der Waals surface area (Å²) in [6.07, 6.45) is 21.6. The molecule has 1 aromatic rings. The smallest absolute Gasteiger partial charge is 0.744 e. The molecule has 0 radical (unpaired) electrons. The van der Waals surface area contributed by atoms with Crippen LogP contribution in [0.3, 0.4) is 0 Å². The molecule has 5 nitrogen and oxygen atoms in total. The Morgan fingerprint density at radius 3 is 1.56 bits per heavy atom. The van der Waals surface area contributed by atoms with Gasteiger partial charge in [-0.05, 0) is 24.6 Å². The van der Waals surface area contributed by atoms with Gasteiger partial charge in [0.25, 0.3) is 0 Å². The number of benzene rings is 1. The number of hydrogen-bond acceptors (Lipinski definition) is 5. The Bertz CT molecular complexity index is 698. The molecular weight excluding hydrogens is 431 g/mol. The van der Waals surface area contributed by atoms with Crippen molar-refractivity contribution >= 4 is 21.5 Å². The van der Waals surface area contributed by atoms with Crippen molar-refractivity contribution in [2.24, 2.45) is 0 Å². The molecule has 7 heteroatoms. The molecular formula is C25H45N2NaO3S. The molecule has 0 amide bonds. The van der Waals surface area contributed by atoms with E-state index in [-0.39, 0.29) is 34.5 Å². The third kappa shape index (κ3) is 14.8. The van der Waals surface area contributed by atoms with Gasteiger partial charge in [-0.15, -0.1) is 0 Å². The summed E-state index contributed by atoms with van der Waals surface area (Å²) in [6, 6.07) is 4.20. The molecule has 1 rings (SSSR count). The van der Waals surface area contributed by atoms with Crippen molar-refractivity contribution in [3.8, 4) is 0 Å². The minimum Gasteiger partial charge on any atom is -0.744 e. The zero-order valence-electron chi connectivity index (χ0n) is 20.9. The molecule has 0 fully saturated rings. The van der Waals surface area contributed by atoms with Crippen molar-refractivity contribution in [1.82, 2.24) is 0 Å². The van der Waals surface area contributed by atoms with E-state index in [1.54, 1.807) is 6.07 Å². The molecule has 0 aliphatic rings. The number of nitrogens with two attached hydrogens (primary N) is 1. The van der Waals surface area contributed by atoms with Crippen LogP contribution in [-0.4, -0.2) is 26.6 Å². The predicted octanol–water partition coefficient (Wildman–Crippen LogP) is 3.87. The molecule has 0 aromatic heterocycles. The Labute approximate surface area is 220 Å². The molecule has 0 saturated heterocycles. The summed E-state index contributed by atoms with van der Waals surface area (Å²) in [5.74, 6) is 0. The molecule has 0 spiro atoms. The van der Waals surface area contributed by atoms with Crippen LogP contribution in [0.25, 0.3) is 0 Å².